The highest BCUT2D eigenvalue weighted by molar-refractivity contribution is 6.30. The lowest BCUT2D eigenvalue weighted by molar-refractivity contribution is 0.628. The molecule has 0 N–H and O–H groups in total. The normalized spacial score (nSPS) is 11.1. The standard InChI is InChI=1S/C21H15ClFN/c22-18-9-5-15(6-10-18)14-24-20-4-2-1-3-17(20)13-21(24)16-7-11-19(23)12-8-16/h1-13H,14H2. The van der Waals surface area contributed by atoms with E-state index in [-0.39, 0.29) is 5.82 Å². The van der Waals surface area contributed by atoms with Crippen molar-refractivity contribution in [1.82, 2.24) is 4.57 Å². The van der Waals surface area contributed by atoms with Crippen LogP contribution in [0.5, 0.6) is 0 Å². The van der Waals surface area contributed by atoms with Gasteiger partial charge in [-0.15, -0.1) is 0 Å². The number of rotatable bonds is 3. The van der Waals surface area contributed by atoms with Gasteiger partial charge in [-0.3, -0.25) is 0 Å². The number of hydrogen-bond donors (Lipinski definition) is 0. The van der Waals surface area contributed by atoms with Gasteiger partial charge in [0.15, 0.2) is 0 Å². The minimum Gasteiger partial charge on any atom is -0.336 e. The molecule has 0 amide bonds. The third-order valence-corrected chi connectivity index (χ3v) is 4.46. The smallest absolute Gasteiger partial charge is 0.123 e. The van der Waals surface area contributed by atoms with Crippen molar-refractivity contribution in [3.05, 3.63) is 95.3 Å². The molecule has 1 heterocycles. The Hall–Kier alpha value is -2.58. The number of para-hydroxylation sites is 1. The Morgan fingerprint density at radius 2 is 1.54 bits per heavy atom. The lowest BCUT2D eigenvalue weighted by atomic mass is 10.1. The van der Waals surface area contributed by atoms with E-state index in [4.69, 9.17) is 11.6 Å². The molecule has 0 aliphatic heterocycles. The van der Waals surface area contributed by atoms with Gasteiger partial charge in [-0.1, -0.05) is 41.9 Å². The molecule has 0 fully saturated rings. The second kappa shape index (κ2) is 6.14. The highest BCUT2D eigenvalue weighted by Gasteiger charge is 2.11. The van der Waals surface area contributed by atoms with Crippen LogP contribution in [-0.2, 0) is 6.54 Å². The monoisotopic (exact) mass is 335 g/mol. The summed E-state index contributed by atoms with van der Waals surface area (Å²) in [4.78, 5) is 0. The quantitative estimate of drug-likeness (QED) is 0.423. The molecule has 1 nitrogen and oxygen atoms in total. The van der Waals surface area contributed by atoms with Crippen molar-refractivity contribution in [2.75, 3.05) is 0 Å². The molecule has 0 unspecified atom stereocenters. The molecule has 0 saturated carbocycles. The van der Waals surface area contributed by atoms with Crippen LogP contribution in [0.15, 0.2) is 78.9 Å². The van der Waals surface area contributed by atoms with E-state index in [2.05, 4.69) is 22.8 Å². The minimum atomic E-state index is -0.223. The largest absolute Gasteiger partial charge is 0.336 e. The molecule has 0 aliphatic rings. The molecule has 0 radical (unpaired) electrons. The van der Waals surface area contributed by atoms with E-state index in [0.717, 1.165) is 28.3 Å². The summed E-state index contributed by atoms with van der Waals surface area (Å²) in [6, 6.07) is 24.9. The zero-order chi connectivity index (χ0) is 16.5. The molecular formula is C21H15ClFN. The van der Waals surface area contributed by atoms with Gasteiger partial charge in [-0.25, -0.2) is 4.39 Å². The van der Waals surface area contributed by atoms with Gasteiger partial charge in [0, 0.05) is 28.2 Å². The fraction of sp³-hybridized carbons (Fsp3) is 0.0476. The molecular weight excluding hydrogens is 321 g/mol. The van der Waals surface area contributed by atoms with Crippen molar-refractivity contribution in [2.24, 2.45) is 0 Å². The lowest BCUT2D eigenvalue weighted by Gasteiger charge is -2.11. The van der Waals surface area contributed by atoms with Gasteiger partial charge in [-0.2, -0.15) is 0 Å². The topological polar surface area (TPSA) is 4.93 Å². The molecule has 0 saturated heterocycles. The zero-order valence-electron chi connectivity index (χ0n) is 12.9. The zero-order valence-corrected chi connectivity index (χ0v) is 13.7. The first kappa shape index (κ1) is 15.0. The van der Waals surface area contributed by atoms with Crippen molar-refractivity contribution in [3.8, 4) is 11.3 Å². The van der Waals surface area contributed by atoms with Gasteiger partial charge < -0.3 is 4.57 Å². The van der Waals surface area contributed by atoms with Crippen LogP contribution in [0, 0.1) is 5.82 Å². The first-order valence-electron chi connectivity index (χ1n) is 7.79. The lowest BCUT2D eigenvalue weighted by Crippen LogP contribution is -2.01. The van der Waals surface area contributed by atoms with Crippen molar-refractivity contribution in [1.29, 1.82) is 0 Å². The Labute approximate surface area is 144 Å². The first-order chi connectivity index (χ1) is 11.7. The summed E-state index contributed by atoms with van der Waals surface area (Å²) >= 11 is 5.99. The summed E-state index contributed by atoms with van der Waals surface area (Å²) in [5, 5.41) is 1.90. The Morgan fingerprint density at radius 3 is 2.29 bits per heavy atom. The van der Waals surface area contributed by atoms with Crippen molar-refractivity contribution in [3.63, 3.8) is 0 Å². The van der Waals surface area contributed by atoms with Crippen molar-refractivity contribution in [2.45, 2.75) is 6.54 Å². The molecule has 24 heavy (non-hydrogen) atoms. The predicted octanol–water partition coefficient (Wildman–Crippen LogP) is 6.15. The summed E-state index contributed by atoms with van der Waals surface area (Å²) in [7, 11) is 0. The predicted molar refractivity (Wildman–Crippen MR) is 97.9 cm³/mol. The van der Waals surface area contributed by atoms with E-state index in [0.29, 0.717) is 0 Å². The van der Waals surface area contributed by atoms with Gasteiger partial charge >= 0.3 is 0 Å². The summed E-state index contributed by atoms with van der Waals surface area (Å²) in [6.45, 7) is 0.734. The molecule has 4 aromatic rings. The SMILES string of the molecule is Fc1ccc(-c2cc3ccccc3n2Cc2ccc(Cl)cc2)cc1. The summed E-state index contributed by atoms with van der Waals surface area (Å²) in [6.07, 6.45) is 0. The van der Waals surface area contributed by atoms with E-state index in [9.17, 15) is 4.39 Å². The summed E-state index contributed by atoms with van der Waals surface area (Å²) in [5.41, 5.74) is 4.41. The van der Waals surface area contributed by atoms with Crippen LogP contribution >= 0.6 is 11.6 Å². The number of hydrogen-bond acceptors (Lipinski definition) is 0. The second-order valence-corrected chi connectivity index (χ2v) is 6.24. The number of benzene rings is 3. The molecule has 1 aromatic heterocycles. The van der Waals surface area contributed by atoms with Crippen LogP contribution in [-0.4, -0.2) is 4.57 Å². The maximum Gasteiger partial charge on any atom is 0.123 e. The Bertz CT molecular complexity index is 985. The number of fused-ring (bicyclic) bond motifs is 1. The van der Waals surface area contributed by atoms with Crippen LogP contribution in [0.25, 0.3) is 22.2 Å². The van der Waals surface area contributed by atoms with Gasteiger partial charge in [0.1, 0.15) is 5.82 Å². The number of halogens is 2. The van der Waals surface area contributed by atoms with Crippen molar-refractivity contribution >= 4 is 22.5 Å². The van der Waals surface area contributed by atoms with Gasteiger partial charge in [0.2, 0.25) is 0 Å². The average Bonchev–Trinajstić information content (AvgIpc) is 2.96. The fourth-order valence-electron chi connectivity index (χ4n) is 3.01. The molecule has 0 aliphatic carbocycles. The Balaban J connectivity index is 1.86. The van der Waals surface area contributed by atoms with E-state index in [1.54, 1.807) is 0 Å². The Morgan fingerprint density at radius 1 is 0.833 bits per heavy atom. The summed E-state index contributed by atoms with van der Waals surface area (Å²) in [5.74, 6) is -0.223. The highest BCUT2D eigenvalue weighted by atomic mass is 35.5. The van der Waals surface area contributed by atoms with Crippen LogP contribution in [0.3, 0.4) is 0 Å². The second-order valence-electron chi connectivity index (χ2n) is 5.81. The Kier molecular flexibility index (Phi) is 3.83. The fourth-order valence-corrected chi connectivity index (χ4v) is 3.14. The van der Waals surface area contributed by atoms with Gasteiger partial charge in [0.05, 0.1) is 0 Å². The maximum absolute atomic E-state index is 13.3. The number of nitrogens with zero attached hydrogens (tertiary/aromatic N) is 1. The van der Waals surface area contributed by atoms with Crippen LogP contribution in [0.2, 0.25) is 5.02 Å². The number of aromatic nitrogens is 1. The van der Waals surface area contributed by atoms with Crippen LogP contribution in [0.1, 0.15) is 5.56 Å². The molecule has 118 valence electrons. The minimum absolute atomic E-state index is 0.223. The van der Waals surface area contributed by atoms with E-state index < -0.39 is 0 Å². The van der Waals surface area contributed by atoms with Gasteiger partial charge in [0.25, 0.3) is 0 Å². The third-order valence-electron chi connectivity index (χ3n) is 4.20. The van der Waals surface area contributed by atoms with E-state index in [1.807, 2.05) is 48.5 Å². The van der Waals surface area contributed by atoms with E-state index in [1.165, 1.54) is 23.1 Å². The summed E-state index contributed by atoms with van der Waals surface area (Å²) < 4.78 is 15.5. The van der Waals surface area contributed by atoms with Crippen molar-refractivity contribution < 1.29 is 4.39 Å². The molecule has 0 atom stereocenters. The first-order valence-corrected chi connectivity index (χ1v) is 8.17. The molecule has 0 spiro atoms. The van der Waals surface area contributed by atoms with Crippen LogP contribution in [0.4, 0.5) is 4.39 Å². The average molecular weight is 336 g/mol. The molecule has 3 aromatic carbocycles. The molecule has 0 bridgehead atoms. The highest BCUT2D eigenvalue weighted by Crippen LogP contribution is 2.29. The maximum atomic E-state index is 13.3. The molecule has 3 heteroatoms. The third kappa shape index (κ3) is 2.81. The van der Waals surface area contributed by atoms with Gasteiger partial charge in [-0.05, 0) is 59.7 Å². The van der Waals surface area contributed by atoms with E-state index >= 15 is 0 Å². The van der Waals surface area contributed by atoms with Crippen LogP contribution < -0.4 is 0 Å². The molecule has 4 rings (SSSR count).